The number of carbonyl (C=O) groups excluding carboxylic acids is 2. The summed E-state index contributed by atoms with van der Waals surface area (Å²) in [6, 6.07) is -0.544. The third-order valence-corrected chi connectivity index (χ3v) is 1.91. The summed E-state index contributed by atoms with van der Waals surface area (Å²) in [6.07, 6.45) is 0.666. The van der Waals surface area contributed by atoms with Crippen LogP contribution < -0.4 is 0 Å². The summed E-state index contributed by atoms with van der Waals surface area (Å²) >= 11 is 0. The second-order valence-electron chi connectivity index (χ2n) is 3.17. The van der Waals surface area contributed by atoms with Crippen LogP contribution in [0, 0.1) is 0 Å². The number of rotatable bonds is 1. The zero-order valence-corrected chi connectivity index (χ0v) is 7.11. The maximum Gasteiger partial charge on any atom is 0.200 e. The van der Waals surface area contributed by atoms with Gasteiger partial charge in [-0.3, -0.25) is 4.79 Å². The molecule has 64 valence electrons. The van der Waals surface area contributed by atoms with Crippen molar-refractivity contribution in [2.75, 3.05) is 6.61 Å². The summed E-state index contributed by atoms with van der Waals surface area (Å²) in [5, 5.41) is 0. The van der Waals surface area contributed by atoms with Crippen molar-refractivity contribution in [3.8, 4) is 0 Å². The van der Waals surface area contributed by atoms with E-state index in [0.29, 0.717) is 6.29 Å². The fourth-order valence-electron chi connectivity index (χ4n) is 1.36. The van der Waals surface area contributed by atoms with Gasteiger partial charge < -0.3 is 14.4 Å². The van der Waals surface area contributed by atoms with Crippen molar-refractivity contribution in [3.63, 3.8) is 0 Å². The minimum Gasteiger partial charge on any atom is -0.354 e. The van der Waals surface area contributed by atoms with Gasteiger partial charge in [-0.1, -0.05) is 0 Å². The molecule has 1 aliphatic rings. The number of nitrogens with zero attached hydrogens (tertiary/aromatic N) is 1. The molecule has 0 unspecified atom stereocenters. The lowest BCUT2D eigenvalue weighted by Gasteiger charge is -2.31. The normalized spacial score (nSPS) is 27.2. The largest absolute Gasteiger partial charge is 0.354 e. The van der Waals surface area contributed by atoms with Crippen LogP contribution in [0.2, 0.25) is 0 Å². The maximum atomic E-state index is 10.9. The molecule has 2 radical (unpaired) electrons. The monoisotopic (exact) mass is 167 g/mol. The van der Waals surface area contributed by atoms with Gasteiger partial charge in [-0.2, -0.15) is 0 Å². The zero-order valence-electron chi connectivity index (χ0n) is 7.11. The molecule has 0 aromatic rings. The van der Waals surface area contributed by atoms with Crippen molar-refractivity contribution in [2.45, 2.75) is 25.6 Å². The van der Waals surface area contributed by atoms with E-state index in [-0.39, 0.29) is 6.61 Å². The SMILES string of the molecule is [B]C(=O)N1[C@H](C=O)COC1(C)C. The van der Waals surface area contributed by atoms with Crippen LogP contribution in [0.3, 0.4) is 0 Å². The van der Waals surface area contributed by atoms with E-state index in [2.05, 4.69) is 0 Å². The molecule has 0 aliphatic carbocycles. The first-order valence-corrected chi connectivity index (χ1v) is 3.67. The van der Waals surface area contributed by atoms with Crippen LogP contribution in [0.15, 0.2) is 0 Å². The van der Waals surface area contributed by atoms with E-state index >= 15 is 0 Å². The van der Waals surface area contributed by atoms with E-state index in [0.717, 1.165) is 0 Å². The molecule has 0 saturated carbocycles. The van der Waals surface area contributed by atoms with Gasteiger partial charge in [0.2, 0.25) is 7.85 Å². The summed E-state index contributed by atoms with van der Waals surface area (Å²) in [5.41, 5.74) is -0.766. The Morgan fingerprint density at radius 1 is 1.75 bits per heavy atom. The van der Waals surface area contributed by atoms with Gasteiger partial charge in [-0.15, -0.1) is 0 Å². The maximum absolute atomic E-state index is 10.9. The van der Waals surface area contributed by atoms with Gasteiger partial charge in [0, 0.05) is 0 Å². The van der Waals surface area contributed by atoms with Crippen molar-refractivity contribution in [2.24, 2.45) is 0 Å². The van der Waals surface area contributed by atoms with Gasteiger partial charge in [0.15, 0.2) is 5.81 Å². The summed E-state index contributed by atoms with van der Waals surface area (Å²) in [7, 11) is 5.09. The molecule has 1 heterocycles. The van der Waals surface area contributed by atoms with E-state index < -0.39 is 17.6 Å². The molecule has 1 fully saturated rings. The summed E-state index contributed by atoms with van der Waals surface area (Å²) in [6.45, 7) is 3.61. The standard InChI is InChI=1S/C7H10BNO3/c1-7(2)9(6(8)11)5(3-10)4-12-7/h3,5H,4H2,1-2H3/t5-/m1/s1. The quantitative estimate of drug-likeness (QED) is 0.405. The number of aldehydes is 1. The summed E-state index contributed by atoms with van der Waals surface area (Å²) in [4.78, 5) is 22.6. The number of ether oxygens (including phenoxy) is 1. The average Bonchev–Trinajstić information content (AvgIpc) is 2.24. The molecular formula is C7H10BNO3. The van der Waals surface area contributed by atoms with Crippen LogP contribution in [0.1, 0.15) is 13.8 Å². The first kappa shape index (κ1) is 9.25. The average molecular weight is 167 g/mol. The summed E-state index contributed by atoms with van der Waals surface area (Å²) < 4.78 is 5.21. The van der Waals surface area contributed by atoms with E-state index in [1.54, 1.807) is 13.8 Å². The predicted molar refractivity (Wildman–Crippen MR) is 42.9 cm³/mol. The predicted octanol–water partition coefficient (Wildman–Crippen LogP) is -0.0893. The molecule has 1 amide bonds. The van der Waals surface area contributed by atoms with Gasteiger partial charge in [0.1, 0.15) is 18.1 Å². The van der Waals surface area contributed by atoms with Crippen LogP contribution in [0.25, 0.3) is 0 Å². The molecule has 4 nitrogen and oxygen atoms in total. The highest BCUT2D eigenvalue weighted by Crippen LogP contribution is 2.25. The van der Waals surface area contributed by atoms with Gasteiger partial charge in [-0.05, 0) is 13.8 Å². The van der Waals surface area contributed by atoms with E-state index in [4.69, 9.17) is 12.6 Å². The molecule has 0 bridgehead atoms. The Kier molecular flexibility index (Phi) is 2.23. The smallest absolute Gasteiger partial charge is 0.200 e. The molecule has 0 spiro atoms. The Hall–Kier alpha value is -0.835. The van der Waals surface area contributed by atoms with Crippen molar-refractivity contribution in [1.29, 1.82) is 0 Å². The van der Waals surface area contributed by atoms with Crippen LogP contribution in [0.4, 0.5) is 4.79 Å². The van der Waals surface area contributed by atoms with Crippen molar-refractivity contribution in [1.82, 2.24) is 4.90 Å². The molecule has 1 rings (SSSR count). The first-order chi connectivity index (χ1) is 5.49. The van der Waals surface area contributed by atoms with Crippen molar-refractivity contribution < 1.29 is 14.3 Å². The number of carbonyl (C=O) groups is 2. The highest BCUT2D eigenvalue weighted by Gasteiger charge is 2.41. The Balaban J connectivity index is 2.87. The molecule has 1 atom stereocenters. The van der Waals surface area contributed by atoms with Gasteiger partial charge in [-0.25, -0.2) is 0 Å². The number of hydrogen-bond donors (Lipinski definition) is 0. The zero-order chi connectivity index (χ0) is 9.35. The fraction of sp³-hybridized carbons (Fsp3) is 0.714. The van der Waals surface area contributed by atoms with E-state index in [9.17, 15) is 9.59 Å². The lowest BCUT2D eigenvalue weighted by molar-refractivity contribution is -0.111. The second kappa shape index (κ2) is 2.90. The molecule has 1 aliphatic heterocycles. The van der Waals surface area contributed by atoms with Crippen molar-refractivity contribution in [3.05, 3.63) is 0 Å². The highest BCUT2D eigenvalue weighted by atomic mass is 16.5. The molecule has 0 aromatic heterocycles. The highest BCUT2D eigenvalue weighted by molar-refractivity contribution is 6.57. The molecule has 0 aromatic carbocycles. The molecule has 1 saturated heterocycles. The van der Waals surface area contributed by atoms with E-state index in [1.807, 2.05) is 0 Å². The Morgan fingerprint density at radius 2 is 2.33 bits per heavy atom. The second-order valence-corrected chi connectivity index (χ2v) is 3.17. The van der Waals surface area contributed by atoms with Crippen LogP contribution in [-0.4, -0.2) is 43.2 Å². The molecular weight excluding hydrogens is 157 g/mol. The van der Waals surface area contributed by atoms with Gasteiger partial charge in [0.05, 0.1) is 6.61 Å². The van der Waals surface area contributed by atoms with Crippen LogP contribution >= 0.6 is 0 Å². The van der Waals surface area contributed by atoms with E-state index in [1.165, 1.54) is 4.90 Å². The first-order valence-electron chi connectivity index (χ1n) is 3.67. The Morgan fingerprint density at radius 3 is 2.67 bits per heavy atom. The number of amides is 1. The minimum absolute atomic E-state index is 0.222. The molecule has 12 heavy (non-hydrogen) atoms. The van der Waals surface area contributed by atoms with Crippen molar-refractivity contribution >= 4 is 19.9 Å². The lowest BCUT2D eigenvalue weighted by atomic mass is 10.0. The third-order valence-electron chi connectivity index (χ3n) is 1.91. The lowest BCUT2D eigenvalue weighted by Crippen LogP contribution is -2.47. The fourth-order valence-corrected chi connectivity index (χ4v) is 1.36. The van der Waals surface area contributed by atoms with Crippen LogP contribution in [-0.2, 0) is 9.53 Å². The minimum atomic E-state index is -0.766. The molecule has 0 N–H and O–H groups in total. The summed E-state index contributed by atoms with van der Waals surface area (Å²) in [5.74, 6) is -0.630. The Bertz CT molecular complexity index is 217. The number of hydrogen-bond acceptors (Lipinski definition) is 3. The third kappa shape index (κ3) is 1.36. The van der Waals surface area contributed by atoms with Crippen LogP contribution in [0.5, 0.6) is 0 Å². The van der Waals surface area contributed by atoms with Gasteiger partial charge >= 0.3 is 0 Å². The Labute approximate surface area is 72.3 Å². The van der Waals surface area contributed by atoms with Gasteiger partial charge in [0.25, 0.3) is 0 Å². The topological polar surface area (TPSA) is 46.6 Å². The molecule has 5 heteroatoms.